The molecule has 1 amide bonds. The topological polar surface area (TPSA) is 66.8 Å². The zero-order valence-corrected chi connectivity index (χ0v) is 11.8. The minimum absolute atomic E-state index is 0.0140. The molecule has 1 unspecified atom stereocenters. The first kappa shape index (κ1) is 15.3. The molecule has 1 heterocycles. The number of para-hydroxylation sites is 1. The van der Waals surface area contributed by atoms with E-state index in [-0.39, 0.29) is 12.4 Å². The normalized spacial score (nSPS) is 21.9. The van der Waals surface area contributed by atoms with Crippen molar-refractivity contribution in [2.45, 2.75) is 31.7 Å². The van der Waals surface area contributed by atoms with E-state index in [1.165, 1.54) is 30.0 Å². The van der Waals surface area contributed by atoms with Crippen LogP contribution in [0.2, 0.25) is 0 Å². The monoisotopic (exact) mass is 295 g/mol. The van der Waals surface area contributed by atoms with Crippen molar-refractivity contribution in [2.24, 2.45) is 0 Å². The second kappa shape index (κ2) is 6.11. The van der Waals surface area contributed by atoms with E-state index < -0.39 is 23.2 Å². The van der Waals surface area contributed by atoms with Gasteiger partial charge in [0, 0.05) is 6.54 Å². The first-order valence-corrected chi connectivity index (χ1v) is 6.86. The fourth-order valence-corrected chi connectivity index (χ4v) is 2.52. The van der Waals surface area contributed by atoms with Crippen molar-refractivity contribution in [2.75, 3.05) is 13.2 Å². The number of ether oxygens (including phenoxy) is 1. The number of carbonyl (C=O) groups is 2. The van der Waals surface area contributed by atoms with Crippen LogP contribution in [0.1, 0.15) is 26.2 Å². The number of benzene rings is 1. The molecule has 0 aromatic heterocycles. The fourth-order valence-electron chi connectivity index (χ4n) is 2.52. The Bertz CT molecular complexity index is 548. The molecule has 1 aliphatic rings. The maximum absolute atomic E-state index is 13.4. The van der Waals surface area contributed by atoms with Crippen LogP contribution in [0.15, 0.2) is 24.3 Å². The van der Waals surface area contributed by atoms with Gasteiger partial charge in [0.2, 0.25) is 0 Å². The zero-order chi connectivity index (χ0) is 15.5. The molecule has 0 saturated carbocycles. The number of likely N-dealkylation sites (tertiary alicyclic amines) is 1. The summed E-state index contributed by atoms with van der Waals surface area (Å²) in [5.74, 6) is -2.03. The summed E-state index contributed by atoms with van der Waals surface area (Å²) in [6.07, 6.45) is 1.93. The Balaban J connectivity index is 2.05. The summed E-state index contributed by atoms with van der Waals surface area (Å²) < 4.78 is 18.6. The van der Waals surface area contributed by atoms with Gasteiger partial charge in [0.15, 0.2) is 18.2 Å². The number of piperidine rings is 1. The molecule has 0 aliphatic carbocycles. The van der Waals surface area contributed by atoms with E-state index in [0.29, 0.717) is 13.0 Å². The molecule has 21 heavy (non-hydrogen) atoms. The lowest BCUT2D eigenvalue weighted by atomic mass is 9.88. The highest BCUT2D eigenvalue weighted by atomic mass is 19.1. The highest BCUT2D eigenvalue weighted by Gasteiger charge is 2.43. The maximum Gasteiger partial charge on any atom is 0.329 e. The van der Waals surface area contributed by atoms with Crippen molar-refractivity contribution in [3.05, 3.63) is 30.1 Å². The van der Waals surface area contributed by atoms with Gasteiger partial charge in [-0.25, -0.2) is 9.18 Å². The molecule has 1 atom stereocenters. The van der Waals surface area contributed by atoms with E-state index in [4.69, 9.17) is 4.74 Å². The van der Waals surface area contributed by atoms with Crippen molar-refractivity contribution in [1.29, 1.82) is 0 Å². The lowest BCUT2D eigenvalue weighted by molar-refractivity contribution is -0.161. The molecule has 2 rings (SSSR count). The zero-order valence-electron chi connectivity index (χ0n) is 11.8. The third-order valence-corrected chi connectivity index (χ3v) is 3.84. The molecule has 1 aliphatic heterocycles. The highest BCUT2D eigenvalue weighted by Crippen LogP contribution is 2.28. The summed E-state index contributed by atoms with van der Waals surface area (Å²) in [6, 6.07) is 5.79. The van der Waals surface area contributed by atoms with Gasteiger partial charge in [-0.15, -0.1) is 0 Å². The molecule has 6 heteroatoms. The Morgan fingerprint density at radius 3 is 2.76 bits per heavy atom. The quantitative estimate of drug-likeness (QED) is 0.923. The van der Waals surface area contributed by atoms with Crippen molar-refractivity contribution in [1.82, 2.24) is 4.90 Å². The van der Waals surface area contributed by atoms with Crippen molar-refractivity contribution in [3.63, 3.8) is 0 Å². The Kier molecular flexibility index (Phi) is 4.45. The van der Waals surface area contributed by atoms with Gasteiger partial charge in [-0.05, 0) is 38.3 Å². The largest absolute Gasteiger partial charge is 0.481 e. The summed E-state index contributed by atoms with van der Waals surface area (Å²) in [5.41, 5.74) is -1.21. The summed E-state index contributed by atoms with van der Waals surface area (Å²) in [5, 5.41) is 9.35. The second-order valence-electron chi connectivity index (χ2n) is 5.30. The molecule has 0 spiro atoms. The number of hydrogen-bond acceptors (Lipinski definition) is 3. The number of carboxylic acids is 1. The average Bonchev–Trinajstić information content (AvgIpc) is 2.46. The third kappa shape index (κ3) is 3.15. The molecule has 0 radical (unpaired) electrons. The number of amides is 1. The van der Waals surface area contributed by atoms with Crippen LogP contribution in [-0.2, 0) is 9.59 Å². The number of aliphatic carboxylic acids is 1. The van der Waals surface area contributed by atoms with Gasteiger partial charge in [-0.1, -0.05) is 12.1 Å². The highest BCUT2D eigenvalue weighted by molar-refractivity contribution is 5.87. The predicted molar refractivity (Wildman–Crippen MR) is 73.5 cm³/mol. The maximum atomic E-state index is 13.4. The summed E-state index contributed by atoms with van der Waals surface area (Å²) >= 11 is 0. The molecule has 0 bridgehead atoms. The van der Waals surface area contributed by atoms with Crippen LogP contribution in [0.5, 0.6) is 5.75 Å². The smallest absolute Gasteiger partial charge is 0.329 e. The van der Waals surface area contributed by atoms with Crippen molar-refractivity contribution in [3.8, 4) is 5.75 Å². The van der Waals surface area contributed by atoms with E-state index in [2.05, 4.69) is 0 Å². The van der Waals surface area contributed by atoms with E-state index in [0.717, 1.165) is 12.8 Å². The number of nitrogens with zero attached hydrogens (tertiary/aromatic N) is 1. The standard InChI is InChI=1S/C15H18FNO4/c1-15(14(19)20)8-4-5-9-17(15)13(18)10-21-12-7-3-2-6-11(12)16/h2-3,6-7H,4-5,8-10H2,1H3,(H,19,20). The minimum atomic E-state index is -1.21. The van der Waals surface area contributed by atoms with Gasteiger partial charge >= 0.3 is 5.97 Å². The Morgan fingerprint density at radius 2 is 2.10 bits per heavy atom. The molecule has 1 aromatic carbocycles. The van der Waals surface area contributed by atoms with Crippen LogP contribution in [0.3, 0.4) is 0 Å². The molecular formula is C15H18FNO4. The summed E-state index contributed by atoms with van der Waals surface area (Å²) in [7, 11) is 0. The van der Waals surface area contributed by atoms with Gasteiger partial charge in [-0.2, -0.15) is 0 Å². The number of halogens is 1. The van der Waals surface area contributed by atoms with Gasteiger partial charge in [0.25, 0.3) is 5.91 Å². The van der Waals surface area contributed by atoms with E-state index >= 15 is 0 Å². The van der Waals surface area contributed by atoms with E-state index in [9.17, 15) is 19.1 Å². The number of carbonyl (C=O) groups excluding carboxylic acids is 1. The second-order valence-corrected chi connectivity index (χ2v) is 5.30. The average molecular weight is 295 g/mol. The lowest BCUT2D eigenvalue weighted by Gasteiger charge is -2.41. The number of hydrogen-bond donors (Lipinski definition) is 1. The van der Waals surface area contributed by atoms with Crippen molar-refractivity contribution < 1.29 is 23.8 Å². The molecule has 5 nitrogen and oxygen atoms in total. The molecular weight excluding hydrogens is 277 g/mol. The molecule has 1 aromatic rings. The number of carboxylic acid groups (broad SMARTS) is 1. The molecule has 1 N–H and O–H groups in total. The van der Waals surface area contributed by atoms with Crippen LogP contribution in [0.25, 0.3) is 0 Å². The third-order valence-electron chi connectivity index (χ3n) is 3.84. The fraction of sp³-hybridized carbons (Fsp3) is 0.467. The molecule has 114 valence electrons. The Labute approximate surface area is 122 Å². The summed E-state index contributed by atoms with van der Waals surface area (Å²) in [6.45, 7) is 1.54. The van der Waals surface area contributed by atoms with Crippen LogP contribution in [0, 0.1) is 5.82 Å². The van der Waals surface area contributed by atoms with Gasteiger partial charge < -0.3 is 14.7 Å². The van der Waals surface area contributed by atoms with Gasteiger partial charge in [0.05, 0.1) is 0 Å². The first-order valence-electron chi connectivity index (χ1n) is 6.86. The van der Waals surface area contributed by atoms with E-state index in [1.54, 1.807) is 6.07 Å². The Morgan fingerprint density at radius 1 is 1.38 bits per heavy atom. The van der Waals surface area contributed by atoms with Crippen LogP contribution in [0.4, 0.5) is 4.39 Å². The SMILES string of the molecule is CC1(C(=O)O)CCCCN1C(=O)COc1ccccc1F. The van der Waals surface area contributed by atoms with Crippen molar-refractivity contribution >= 4 is 11.9 Å². The Hall–Kier alpha value is -2.11. The van der Waals surface area contributed by atoms with Crippen LogP contribution < -0.4 is 4.74 Å². The summed E-state index contributed by atoms with van der Waals surface area (Å²) in [4.78, 5) is 25.0. The number of rotatable bonds is 4. The van der Waals surface area contributed by atoms with Crippen LogP contribution in [-0.4, -0.2) is 40.6 Å². The molecule has 1 fully saturated rings. The first-order chi connectivity index (χ1) is 9.95. The van der Waals surface area contributed by atoms with Gasteiger partial charge in [0.1, 0.15) is 5.54 Å². The minimum Gasteiger partial charge on any atom is -0.481 e. The van der Waals surface area contributed by atoms with Crippen LogP contribution >= 0.6 is 0 Å². The van der Waals surface area contributed by atoms with Gasteiger partial charge in [-0.3, -0.25) is 4.79 Å². The predicted octanol–water partition coefficient (Wildman–Crippen LogP) is 2.06. The van der Waals surface area contributed by atoms with E-state index in [1.807, 2.05) is 0 Å². The molecule has 1 saturated heterocycles. The lowest BCUT2D eigenvalue weighted by Crippen LogP contribution is -2.58.